The fraction of sp³-hybridized carbons (Fsp3) is 0.409. The number of hydrogen-bond donors (Lipinski definition) is 1. The van der Waals surface area contributed by atoms with Crippen LogP contribution in [0.15, 0.2) is 52.3 Å². The van der Waals surface area contributed by atoms with Crippen molar-refractivity contribution in [3.63, 3.8) is 0 Å². The number of carbonyl (C=O) groups is 1. The van der Waals surface area contributed by atoms with Gasteiger partial charge in [-0.15, -0.1) is 11.8 Å². The molecular weight excluding hydrogens is 439 g/mol. The van der Waals surface area contributed by atoms with E-state index in [0.29, 0.717) is 25.1 Å². The fourth-order valence-electron chi connectivity index (χ4n) is 4.01. The van der Waals surface area contributed by atoms with Crippen molar-refractivity contribution in [1.82, 2.24) is 9.62 Å². The highest BCUT2D eigenvalue weighted by atomic mass is 32.2. The van der Waals surface area contributed by atoms with Gasteiger partial charge in [-0.05, 0) is 68.3 Å². The number of hydrogen-bond acceptors (Lipinski definition) is 5. The summed E-state index contributed by atoms with van der Waals surface area (Å²) < 4.78 is 46.7. The van der Waals surface area contributed by atoms with Gasteiger partial charge in [0.2, 0.25) is 10.0 Å². The maximum Gasteiger partial charge on any atom is 0.251 e. The Bertz CT molecular complexity index is 1070. The van der Waals surface area contributed by atoms with E-state index in [1.54, 1.807) is 17.8 Å². The number of rotatable bonds is 4. The number of thioether (sulfide) groups is 1. The van der Waals surface area contributed by atoms with Gasteiger partial charge in [0.1, 0.15) is 5.82 Å². The monoisotopic (exact) mass is 464 g/mol. The second-order valence-electron chi connectivity index (χ2n) is 7.95. The predicted molar refractivity (Wildman–Crippen MR) is 117 cm³/mol. The van der Waals surface area contributed by atoms with Crippen molar-refractivity contribution in [2.45, 2.75) is 48.3 Å². The second kappa shape index (κ2) is 8.90. The van der Waals surface area contributed by atoms with Crippen molar-refractivity contribution in [2.75, 3.05) is 18.8 Å². The van der Waals surface area contributed by atoms with Gasteiger partial charge in [-0.3, -0.25) is 4.79 Å². The number of amides is 1. The van der Waals surface area contributed by atoms with E-state index in [1.165, 1.54) is 40.7 Å². The van der Waals surface area contributed by atoms with E-state index < -0.39 is 10.0 Å². The van der Waals surface area contributed by atoms with Crippen LogP contribution in [-0.4, -0.2) is 49.7 Å². The number of carbonyl (C=O) groups excluding carboxylic acids is 1. The number of nitrogens with zero attached hydrogens (tertiary/aromatic N) is 1. The van der Waals surface area contributed by atoms with Crippen LogP contribution in [0.25, 0.3) is 0 Å². The molecule has 4 rings (SSSR count). The molecule has 1 saturated heterocycles. The van der Waals surface area contributed by atoms with Crippen LogP contribution in [0.3, 0.4) is 0 Å². The lowest BCUT2D eigenvalue weighted by molar-refractivity contribution is -0.0440. The molecule has 166 valence electrons. The topological polar surface area (TPSA) is 75.7 Å². The third kappa shape index (κ3) is 4.79. The van der Waals surface area contributed by atoms with Gasteiger partial charge < -0.3 is 10.1 Å². The normalized spacial score (nSPS) is 24.4. The molecule has 0 spiro atoms. The largest absolute Gasteiger partial charge is 0.373 e. The van der Waals surface area contributed by atoms with Gasteiger partial charge >= 0.3 is 0 Å². The Hall–Kier alpha value is -1.94. The van der Waals surface area contributed by atoms with Gasteiger partial charge in [0.15, 0.2) is 0 Å². The zero-order chi connectivity index (χ0) is 22.2. The molecule has 2 aromatic carbocycles. The molecular formula is C22H25FN2O4S2. The van der Waals surface area contributed by atoms with Gasteiger partial charge in [-0.1, -0.05) is 0 Å². The van der Waals surface area contributed by atoms with E-state index in [1.807, 2.05) is 13.8 Å². The van der Waals surface area contributed by atoms with Crippen LogP contribution in [0.4, 0.5) is 4.39 Å². The fourth-order valence-corrected chi connectivity index (χ4v) is 6.71. The highest BCUT2D eigenvalue weighted by Gasteiger charge is 2.32. The Kier molecular flexibility index (Phi) is 6.39. The van der Waals surface area contributed by atoms with Crippen LogP contribution in [-0.2, 0) is 14.8 Å². The van der Waals surface area contributed by atoms with Crippen LogP contribution in [0.5, 0.6) is 0 Å². The third-order valence-corrected chi connectivity index (χ3v) is 8.43. The Labute approximate surface area is 186 Å². The number of fused-ring (bicyclic) bond motifs is 1. The summed E-state index contributed by atoms with van der Waals surface area (Å²) in [5, 5.41) is 2.96. The van der Waals surface area contributed by atoms with Crippen molar-refractivity contribution >= 4 is 27.7 Å². The Morgan fingerprint density at radius 1 is 1.13 bits per heavy atom. The average molecular weight is 465 g/mol. The van der Waals surface area contributed by atoms with Crippen LogP contribution in [0.2, 0.25) is 0 Å². The summed E-state index contributed by atoms with van der Waals surface area (Å²) in [6.45, 7) is 4.29. The summed E-state index contributed by atoms with van der Waals surface area (Å²) >= 11 is 1.64. The van der Waals surface area contributed by atoms with Gasteiger partial charge in [-0.25, -0.2) is 12.8 Å². The summed E-state index contributed by atoms with van der Waals surface area (Å²) in [4.78, 5) is 13.9. The lowest BCUT2D eigenvalue weighted by Crippen LogP contribution is -2.48. The van der Waals surface area contributed by atoms with E-state index >= 15 is 0 Å². The standard InChI is InChI=1S/C22H25FN2O4S2/c1-14-12-25(13-15(2)29-14)31(27,28)18-6-3-16(4-7-18)22(26)24-20-9-10-30-21-8-5-17(23)11-19(20)21/h3-8,11,14-15,20H,9-10,12-13H2,1-2H3,(H,24,26)/t14-,15-,20+/m1/s1. The molecule has 0 aliphatic carbocycles. The van der Waals surface area contributed by atoms with Crippen LogP contribution in [0, 0.1) is 5.82 Å². The van der Waals surface area contributed by atoms with Crippen molar-refractivity contribution < 1.29 is 22.3 Å². The minimum absolute atomic E-state index is 0.145. The number of halogens is 1. The first-order chi connectivity index (χ1) is 14.7. The average Bonchev–Trinajstić information content (AvgIpc) is 2.73. The molecule has 2 aliphatic rings. The van der Waals surface area contributed by atoms with Gasteiger partial charge in [-0.2, -0.15) is 4.31 Å². The van der Waals surface area contributed by atoms with E-state index in [-0.39, 0.29) is 34.9 Å². The summed E-state index contributed by atoms with van der Waals surface area (Å²) in [7, 11) is -3.67. The molecule has 9 heteroatoms. The number of sulfonamides is 1. The molecule has 2 heterocycles. The molecule has 0 bridgehead atoms. The van der Waals surface area contributed by atoms with E-state index in [0.717, 1.165) is 16.2 Å². The van der Waals surface area contributed by atoms with Crippen molar-refractivity contribution in [3.8, 4) is 0 Å². The van der Waals surface area contributed by atoms with Crippen molar-refractivity contribution in [1.29, 1.82) is 0 Å². The minimum Gasteiger partial charge on any atom is -0.373 e. The van der Waals surface area contributed by atoms with E-state index in [4.69, 9.17) is 4.74 Å². The smallest absolute Gasteiger partial charge is 0.251 e. The summed E-state index contributed by atoms with van der Waals surface area (Å²) in [5.74, 6) is 0.184. The van der Waals surface area contributed by atoms with Gasteiger partial charge in [0.25, 0.3) is 5.91 Å². The summed E-state index contributed by atoms with van der Waals surface area (Å²) in [6, 6.07) is 10.3. The zero-order valence-electron chi connectivity index (χ0n) is 17.4. The lowest BCUT2D eigenvalue weighted by Gasteiger charge is -2.34. The molecule has 2 aliphatic heterocycles. The third-order valence-electron chi connectivity index (χ3n) is 5.46. The Morgan fingerprint density at radius 3 is 2.48 bits per heavy atom. The highest BCUT2D eigenvalue weighted by Crippen LogP contribution is 2.36. The summed E-state index contributed by atoms with van der Waals surface area (Å²) in [6.07, 6.45) is 0.349. The molecule has 0 aromatic heterocycles. The molecule has 3 atom stereocenters. The van der Waals surface area contributed by atoms with Gasteiger partial charge in [0.05, 0.1) is 23.1 Å². The van der Waals surface area contributed by atoms with Crippen LogP contribution < -0.4 is 5.32 Å². The second-order valence-corrected chi connectivity index (χ2v) is 11.0. The number of morpholine rings is 1. The summed E-state index contributed by atoms with van der Waals surface area (Å²) in [5.41, 5.74) is 1.14. The van der Waals surface area contributed by atoms with Crippen LogP contribution >= 0.6 is 11.8 Å². The number of benzene rings is 2. The maximum atomic E-state index is 13.7. The van der Waals surface area contributed by atoms with Crippen molar-refractivity contribution in [3.05, 3.63) is 59.4 Å². The van der Waals surface area contributed by atoms with Crippen LogP contribution in [0.1, 0.15) is 42.2 Å². The van der Waals surface area contributed by atoms with E-state index in [9.17, 15) is 17.6 Å². The molecule has 1 N–H and O–H groups in total. The first-order valence-electron chi connectivity index (χ1n) is 10.2. The molecule has 0 saturated carbocycles. The number of nitrogens with one attached hydrogen (secondary N) is 1. The van der Waals surface area contributed by atoms with Crippen molar-refractivity contribution in [2.24, 2.45) is 0 Å². The number of ether oxygens (including phenoxy) is 1. The predicted octanol–water partition coefficient (Wildman–Crippen LogP) is 3.59. The Balaban J connectivity index is 1.49. The first kappa shape index (κ1) is 22.3. The first-order valence-corrected chi connectivity index (χ1v) is 12.7. The molecule has 6 nitrogen and oxygen atoms in total. The lowest BCUT2D eigenvalue weighted by atomic mass is 10.0. The quantitative estimate of drug-likeness (QED) is 0.749. The molecule has 2 aromatic rings. The van der Waals surface area contributed by atoms with Gasteiger partial charge in [0, 0.05) is 29.3 Å². The molecule has 0 radical (unpaired) electrons. The Morgan fingerprint density at radius 2 is 1.81 bits per heavy atom. The maximum absolute atomic E-state index is 13.7. The SMILES string of the molecule is C[C@@H]1CN(S(=O)(=O)c2ccc(C(=O)N[C@H]3CCSc4ccc(F)cc43)cc2)C[C@@H](C)O1. The highest BCUT2D eigenvalue weighted by molar-refractivity contribution is 7.99. The van der Waals surface area contributed by atoms with E-state index in [2.05, 4.69) is 5.32 Å². The molecule has 0 unspecified atom stereocenters. The zero-order valence-corrected chi connectivity index (χ0v) is 19.0. The molecule has 31 heavy (non-hydrogen) atoms. The molecule has 1 fully saturated rings. The molecule has 1 amide bonds. The minimum atomic E-state index is -3.67.